The van der Waals surface area contributed by atoms with Crippen LogP contribution in [-0.4, -0.2) is 22.6 Å². The van der Waals surface area contributed by atoms with Gasteiger partial charge in [-0.1, -0.05) is 30.3 Å². The summed E-state index contributed by atoms with van der Waals surface area (Å²) in [6.07, 6.45) is 2.54. The zero-order valence-electron chi connectivity index (χ0n) is 9.09. The number of aliphatic hydroxyl groups excluding tert-OH is 1. The number of rotatable bonds is 4. The molecule has 0 atom stereocenters. The van der Waals surface area contributed by atoms with Crippen molar-refractivity contribution in [2.24, 2.45) is 0 Å². The van der Waals surface area contributed by atoms with Crippen molar-refractivity contribution < 1.29 is 9.90 Å². The van der Waals surface area contributed by atoms with E-state index in [-0.39, 0.29) is 0 Å². The molecule has 17 heavy (non-hydrogen) atoms. The summed E-state index contributed by atoms with van der Waals surface area (Å²) in [6.45, 7) is -0.520. The smallest absolute Gasteiger partial charge is 0.251 e. The molecular weight excluding hydrogens is 236 g/mol. The Hall–Kier alpha value is -1.72. The lowest BCUT2D eigenvalue weighted by Gasteiger charge is -1.97. The van der Waals surface area contributed by atoms with Gasteiger partial charge in [0, 0.05) is 17.5 Å². The van der Waals surface area contributed by atoms with Crippen molar-refractivity contribution >= 4 is 22.4 Å². The number of amides is 1. The van der Waals surface area contributed by atoms with Gasteiger partial charge in [-0.2, -0.15) is 0 Å². The number of hydrogen-bond acceptors (Lipinski definition) is 4. The highest BCUT2D eigenvalue weighted by molar-refractivity contribution is 7.15. The summed E-state index contributed by atoms with van der Waals surface area (Å²) >= 11 is 1.42. The van der Waals surface area contributed by atoms with Gasteiger partial charge in [0.05, 0.1) is 0 Å². The topological polar surface area (TPSA) is 62.2 Å². The van der Waals surface area contributed by atoms with Crippen molar-refractivity contribution in [1.29, 1.82) is 0 Å². The van der Waals surface area contributed by atoms with Crippen LogP contribution in [-0.2, 0) is 11.2 Å². The zero-order valence-corrected chi connectivity index (χ0v) is 9.91. The third-order valence-corrected chi connectivity index (χ3v) is 3.08. The Labute approximate surface area is 103 Å². The fraction of sp³-hybridized carbons (Fsp3) is 0.167. The fourth-order valence-electron chi connectivity index (χ4n) is 1.40. The normalized spacial score (nSPS) is 10.2. The van der Waals surface area contributed by atoms with Crippen LogP contribution in [0.15, 0.2) is 36.5 Å². The molecule has 0 saturated carbocycles. The average Bonchev–Trinajstić information content (AvgIpc) is 2.77. The Kier molecular flexibility index (Phi) is 3.85. The second-order valence-corrected chi connectivity index (χ2v) is 4.62. The third-order valence-electron chi connectivity index (χ3n) is 2.16. The summed E-state index contributed by atoms with van der Waals surface area (Å²) in [6, 6.07) is 10.1. The first-order valence-corrected chi connectivity index (χ1v) is 5.99. The number of aliphatic hydroxyl groups is 1. The molecule has 0 radical (unpaired) electrons. The SMILES string of the molecule is O=C(CO)Nc1ncc(Cc2ccccc2)s1. The minimum absolute atomic E-state index is 0.439. The maximum Gasteiger partial charge on any atom is 0.251 e. The standard InChI is InChI=1S/C12H12N2O2S/c15-8-11(16)14-12-13-7-10(17-12)6-9-4-2-1-3-5-9/h1-5,7,15H,6,8H2,(H,13,14,16). The predicted molar refractivity (Wildman–Crippen MR) is 67.1 cm³/mol. The molecule has 0 aliphatic carbocycles. The molecule has 0 saturated heterocycles. The molecule has 1 heterocycles. The first-order chi connectivity index (χ1) is 8.28. The largest absolute Gasteiger partial charge is 0.387 e. The van der Waals surface area contributed by atoms with E-state index in [0.29, 0.717) is 5.13 Å². The molecular formula is C12H12N2O2S. The van der Waals surface area contributed by atoms with Gasteiger partial charge >= 0.3 is 0 Å². The van der Waals surface area contributed by atoms with Crippen molar-refractivity contribution in [2.75, 3.05) is 11.9 Å². The minimum atomic E-state index is -0.520. The van der Waals surface area contributed by atoms with Crippen molar-refractivity contribution in [1.82, 2.24) is 4.98 Å². The number of hydrogen-bond donors (Lipinski definition) is 2. The van der Waals surface area contributed by atoms with Gasteiger partial charge < -0.3 is 5.11 Å². The van der Waals surface area contributed by atoms with Crippen LogP contribution in [0, 0.1) is 0 Å². The van der Waals surface area contributed by atoms with Crippen LogP contribution in [0.1, 0.15) is 10.4 Å². The summed E-state index contributed by atoms with van der Waals surface area (Å²) in [5.41, 5.74) is 1.20. The summed E-state index contributed by atoms with van der Waals surface area (Å²) in [5.74, 6) is -0.439. The molecule has 2 aromatic rings. The van der Waals surface area contributed by atoms with Crippen LogP contribution in [0.2, 0.25) is 0 Å². The number of thiazole rings is 1. The van der Waals surface area contributed by atoms with Crippen LogP contribution in [0.3, 0.4) is 0 Å². The van der Waals surface area contributed by atoms with Gasteiger partial charge in [-0.3, -0.25) is 10.1 Å². The van der Waals surface area contributed by atoms with Crippen LogP contribution < -0.4 is 5.32 Å². The number of anilines is 1. The molecule has 0 aliphatic heterocycles. The Morgan fingerprint density at radius 2 is 2.12 bits per heavy atom. The minimum Gasteiger partial charge on any atom is -0.387 e. The van der Waals surface area contributed by atoms with Gasteiger partial charge in [-0.25, -0.2) is 4.98 Å². The lowest BCUT2D eigenvalue weighted by molar-refractivity contribution is -0.118. The molecule has 2 rings (SSSR count). The van der Waals surface area contributed by atoms with E-state index in [2.05, 4.69) is 10.3 Å². The maximum atomic E-state index is 11.0. The lowest BCUT2D eigenvalue weighted by atomic mass is 10.1. The zero-order chi connectivity index (χ0) is 12.1. The molecule has 0 fully saturated rings. The van der Waals surface area contributed by atoms with Gasteiger partial charge in [-0.15, -0.1) is 11.3 Å². The lowest BCUT2D eigenvalue weighted by Crippen LogP contribution is -2.14. The molecule has 88 valence electrons. The predicted octanol–water partition coefficient (Wildman–Crippen LogP) is 1.66. The second kappa shape index (κ2) is 5.56. The van der Waals surface area contributed by atoms with Crippen LogP contribution in [0.4, 0.5) is 5.13 Å². The Bertz CT molecular complexity index is 496. The third kappa shape index (κ3) is 3.37. The highest BCUT2D eigenvalue weighted by Crippen LogP contribution is 2.20. The maximum absolute atomic E-state index is 11.0. The molecule has 0 unspecified atom stereocenters. The van der Waals surface area contributed by atoms with E-state index in [1.54, 1.807) is 6.20 Å². The molecule has 5 heteroatoms. The summed E-state index contributed by atoms with van der Waals surface area (Å²) in [4.78, 5) is 16.1. The first kappa shape index (κ1) is 11.8. The van der Waals surface area contributed by atoms with Crippen molar-refractivity contribution in [3.8, 4) is 0 Å². The van der Waals surface area contributed by atoms with Crippen LogP contribution in [0.5, 0.6) is 0 Å². The molecule has 0 bridgehead atoms. The molecule has 1 aromatic heterocycles. The van der Waals surface area contributed by atoms with Crippen molar-refractivity contribution in [3.05, 3.63) is 47.0 Å². The molecule has 4 nitrogen and oxygen atoms in total. The molecule has 1 amide bonds. The van der Waals surface area contributed by atoms with Crippen molar-refractivity contribution in [3.63, 3.8) is 0 Å². The van der Waals surface area contributed by atoms with Gasteiger partial charge in [0.1, 0.15) is 6.61 Å². The number of benzene rings is 1. The van der Waals surface area contributed by atoms with Gasteiger partial charge in [-0.05, 0) is 5.56 Å². The second-order valence-electron chi connectivity index (χ2n) is 3.50. The quantitative estimate of drug-likeness (QED) is 0.865. The van der Waals surface area contributed by atoms with E-state index < -0.39 is 12.5 Å². The number of nitrogens with one attached hydrogen (secondary N) is 1. The van der Waals surface area contributed by atoms with Crippen LogP contribution >= 0.6 is 11.3 Å². The summed E-state index contributed by atoms with van der Waals surface area (Å²) in [7, 11) is 0. The van der Waals surface area contributed by atoms with E-state index >= 15 is 0 Å². The number of nitrogens with zero attached hydrogens (tertiary/aromatic N) is 1. The van der Waals surface area contributed by atoms with Gasteiger partial charge in [0.15, 0.2) is 5.13 Å². The highest BCUT2D eigenvalue weighted by atomic mass is 32.1. The fourth-order valence-corrected chi connectivity index (χ4v) is 2.27. The van der Waals surface area contributed by atoms with Crippen molar-refractivity contribution in [2.45, 2.75) is 6.42 Å². The Balaban J connectivity index is 2.01. The Morgan fingerprint density at radius 1 is 1.35 bits per heavy atom. The van der Waals surface area contributed by atoms with Crippen LogP contribution in [0.25, 0.3) is 0 Å². The number of carbonyl (C=O) groups excluding carboxylic acids is 1. The van der Waals surface area contributed by atoms with E-state index in [1.165, 1.54) is 16.9 Å². The average molecular weight is 248 g/mol. The van der Waals surface area contributed by atoms with E-state index in [9.17, 15) is 4.79 Å². The molecule has 2 N–H and O–H groups in total. The number of aromatic nitrogens is 1. The summed E-state index contributed by atoms with van der Waals surface area (Å²) < 4.78 is 0. The van der Waals surface area contributed by atoms with Gasteiger partial charge in [0.2, 0.25) is 0 Å². The first-order valence-electron chi connectivity index (χ1n) is 5.17. The van der Waals surface area contributed by atoms with Gasteiger partial charge in [0.25, 0.3) is 5.91 Å². The van der Waals surface area contributed by atoms with E-state index in [1.807, 2.05) is 30.3 Å². The Morgan fingerprint density at radius 3 is 2.82 bits per heavy atom. The molecule has 0 spiro atoms. The number of carbonyl (C=O) groups is 1. The van der Waals surface area contributed by atoms with E-state index in [0.717, 1.165) is 11.3 Å². The summed E-state index contributed by atoms with van der Waals surface area (Å²) in [5, 5.41) is 11.6. The monoisotopic (exact) mass is 248 g/mol. The highest BCUT2D eigenvalue weighted by Gasteiger charge is 2.05. The molecule has 1 aromatic carbocycles. The molecule has 0 aliphatic rings. The van der Waals surface area contributed by atoms with E-state index in [4.69, 9.17) is 5.11 Å².